The van der Waals surface area contributed by atoms with Gasteiger partial charge in [0.05, 0.1) is 11.6 Å². The van der Waals surface area contributed by atoms with Crippen LogP contribution in [0.15, 0.2) is 48.5 Å². The molecule has 2 amide bonds. The number of amides is 2. The summed E-state index contributed by atoms with van der Waals surface area (Å²) in [5.41, 5.74) is 1.54. The second-order valence-corrected chi connectivity index (χ2v) is 6.95. The third-order valence-corrected chi connectivity index (χ3v) is 4.96. The number of halogens is 2. The Balaban J connectivity index is 1.71. The normalized spacial score (nSPS) is 17.4. The lowest BCUT2D eigenvalue weighted by molar-refractivity contribution is -0.122. The van der Waals surface area contributed by atoms with Gasteiger partial charge in [-0.2, -0.15) is 0 Å². The molecule has 0 saturated carbocycles. The molecule has 2 aromatic carbocycles. The predicted octanol–water partition coefficient (Wildman–Crippen LogP) is 3.94. The van der Waals surface area contributed by atoms with Gasteiger partial charge >= 0.3 is 0 Å². The molecule has 0 bridgehead atoms. The fourth-order valence-corrected chi connectivity index (χ4v) is 3.20. The van der Waals surface area contributed by atoms with Crippen LogP contribution < -0.4 is 10.2 Å². The van der Waals surface area contributed by atoms with E-state index in [0.717, 1.165) is 14.9 Å². The molecule has 1 heterocycles. The minimum Gasteiger partial charge on any atom is -0.325 e. The van der Waals surface area contributed by atoms with Gasteiger partial charge in [0.1, 0.15) is 0 Å². The molecule has 1 saturated heterocycles. The highest BCUT2D eigenvalue weighted by atomic mass is 127. The van der Waals surface area contributed by atoms with Crippen LogP contribution in [0, 0.1) is 9.49 Å². The summed E-state index contributed by atoms with van der Waals surface area (Å²) in [5.74, 6) is -0.525. The highest BCUT2D eigenvalue weighted by molar-refractivity contribution is 14.1. The number of hydrogen-bond donors (Lipinski definition) is 1. The maximum Gasteiger partial charge on any atom is 0.229 e. The van der Waals surface area contributed by atoms with Gasteiger partial charge in [-0.1, -0.05) is 23.7 Å². The zero-order chi connectivity index (χ0) is 16.4. The third-order valence-electron chi connectivity index (χ3n) is 3.77. The Bertz CT molecular complexity index is 749. The Kier molecular flexibility index (Phi) is 4.87. The molecule has 1 aliphatic rings. The summed E-state index contributed by atoms with van der Waals surface area (Å²) in [5, 5.41) is 3.53. The number of rotatable bonds is 3. The van der Waals surface area contributed by atoms with Crippen LogP contribution in [0.3, 0.4) is 0 Å². The van der Waals surface area contributed by atoms with E-state index in [1.807, 2.05) is 24.3 Å². The van der Waals surface area contributed by atoms with Crippen molar-refractivity contribution in [2.24, 2.45) is 5.92 Å². The Morgan fingerprint density at radius 2 is 1.87 bits per heavy atom. The molecule has 0 aromatic heterocycles. The van der Waals surface area contributed by atoms with Gasteiger partial charge in [-0.25, -0.2) is 0 Å². The van der Waals surface area contributed by atoms with Crippen LogP contribution in [-0.2, 0) is 9.59 Å². The van der Waals surface area contributed by atoms with Gasteiger partial charge in [0, 0.05) is 27.2 Å². The first-order valence-corrected chi connectivity index (χ1v) is 8.61. The molecule has 0 unspecified atom stereocenters. The Morgan fingerprint density at radius 1 is 1.17 bits per heavy atom. The monoisotopic (exact) mass is 440 g/mol. The molecule has 23 heavy (non-hydrogen) atoms. The van der Waals surface area contributed by atoms with E-state index in [4.69, 9.17) is 11.6 Å². The van der Waals surface area contributed by atoms with Crippen molar-refractivity contribution in [3.05, 3.63) is 57.1 Å². The van der Waals surface area contributed by atoms with Crippen molar-refractivity contribution >= 4 is 57.4 Å². The number of para-hydroxylation sites is 1. The largest absolute Gasteiger partial charge is 0.325 e. The summed E-state index contributed by atoms with van der Waals surface area (Å²) in [6.45, 7) is 0.385. The lowest BCUT2D eigenvalue weighted by atomic mass is 10.1. The van der Waals surface area contributed by atoms with Crippen molar-refractivity contribution < 1.29 is 9.59 Å². The van der Waals surface area contributed by atoms with Gasteiger partial charge in [-0.3, -0.25) is 9.59 Å². The summed E-state index contributed by atoms with van der Waals surface area (Å²) in [6.07, 6.45) is 0.220. The first kappa shape index (κ1) is 16.3. The van der Waals surface area contributed by atoms with E-state index in [9.17, 15) is 9.59 Å². The van der Waals surface area contributed by atoms with E-state index in [-0.39, 0.29) is 24.2 Å². The standard InChI is InChI=1S/C17H14ClIN2O2/c18-12-5-7-13(8-6-12)21-10-11(9-16(21)22)17(23)20-15-4-2-1-3-14(15)19/h1-8,11H,9-10H2,(H,20,23)/t11-/m0/s1. The average Bonchev–Trinajstić information content (AvgIpc) is 2.92. The molecule has 1 N–H and O–H groups in total. The number of nitrogens with one attached hydrogen (secondary N) is 1. The minimum absolute atomic E-state index is 0.0461. The number of hydrogen-bond acceptors (Lipinski definition) is 2. The number of anilines is 2. The summed E-state index contributed by atoms with van der Waals surface area (Å²) in [7, 11) is 0. The van der Waals surface area contributed by atoms with E-state index >= 15 is 0 Å². The lowest BCUT2D eigenvalue weighted by Crippen LogP contribution is -2.28. The van der Waals surface area contributed by atoms with Crippen LogP contribution in [0.2, 0.25) is 5.02 Å². The van der Waals surface area contributed by atoms with E-state index in [2.05, 4.69) is 27.9 Å². The lowest BCUT2D eigenvalue weighted by Gasteiger charge is -2.17. The predicted molar refractivity (Wildman–Crippen MR) is 99.7 cm³/mol. The fraction of sp³-hybridized carbons (Fsp3) is 0.176. The topological polar surface area (TPSA) is 49.4 Å². The van der Waals surface area contributed by atoms with Gasteiger partial charge in [-0.05, 0) is 59.0 Å². The molecule has 0 aliphatic carbocycles. The van der Waals surface area contributed by atoms with Crippen molar-refractivity contribution in [2.75, 3.05) is 16.8 Å². The molecular weight excluding hydrogens is 427 g/mol. The maximum atomic E-state index is 12.4. The van der Waals surface area contributed by atoms with Gasteiger partial charge in [-0.15, -0.1) is 0 Å². The van der Waals surface area contributed by atoms with Crippen molar-refractivity contribution in [1.82, 2.24) is 0 Å². The Labute approximate surface area is 153 Å². The second kappa shape index (κ2) is 6.88. The highest BCUT2D eigenvalue weighted by Crippen LogP contribution is 2.27. The molecule has 0 radical (unpaired) electrons. The van der Waals surface area contributed by atoms with Crippen molar-refractivity contribution in [2.45, 2.75) is 6.42 Å². The van der Waals surface area contributed by atoms with Crippen LogP contribution in [0.1, 0.15) is 6.42 Å². The van der Waals surface area contributed by atoms with E-state index in [1.54, 1.807) is 29.2 Å². The minimum atomic E-state index is -0.353. The quantitative estimate of drug-likeness (QED) is 0.735. The molecule has 1 aliphatic heterocycles. The molecule has 3 rings (SSSR count). The van der Waals surface area contributed by atoms with Crippen molar-refractivity contribution in [1.29, 1.82) is 0 Å². The van der Waals surface area contributed by atoms with Crippen LogP contribution in [0.5, 0.6) is 0 Å². The molecular formula is C17H14ClIN2O2. The Morgan fingerprint density at radius 3 is 2.57 bits per heavy atom. The van der Waals surface area contributed by atoms with E-state index < -0.39 is 0 Å². The number of carbonyl (C=O) groups is 2. The smallest absolute Gasteiger partial charge is 0.229 e. The molecule has 4 nitrogen and oxygen atoms in total. The van der Waals surface area contributed by atoms with Gasteiger partial charge in [0.25, 0.3) is 0 Å². The molecule has 0 spiro atoms. The zero-order valence-corrected chi connectivity index (χ0v) is 15.0. The van der Waals surface area contributed by atoms with Crippen molar-refractivity contribution in [3.8, 4) is 0 Å². The van der Waals surface area contributed by atoms with Crippen LogP contribution in [0.25, 0.3) is 0 Å². The SMILES string of the molecule is O=C(Nc1ccccc1I)[C@H]1CC(=O)N(c2ccc(Cl)cc2)C1. The summed E-state index contributed by atoms with van der Waals surface area (Å²) < 4.78 is 0.970. The second-order valence-electron chi connectivity index (χ2n) is 5.35. The third kappa shape index (κ3) is 3.67. The first-order valence-electron chi connectivity index (χ1n) is 7.16. The van der Waals surface area contributed by atoms with E-state index in [1.165, 1.54) is 0 Å². The average molecular weight is 441 g/mol. The first-order chi connectivity index (χ1) is 11.0. The van der Waals surface area contributed by atoms with Crippen LogP contribution in [-0.4, -0.2) is 18.4 Å². The fourth-order valence-electron chi connectivity index (χ4n) is 2.55. The molecule has 6 heteroatoms. The van der Waals surface area contributed by atoms with Gasteiger partial charge in [0.2, 0.25) is 11.8 Å². The zero-order valence-electron chi connectivity index (χ0n) is 12.1. The summed E-state index contributed by atoms with van der Waals surface area (Å²) in [6, 6.07) is 14.6. The molecule has 2 aromatic rings. The van der Waals surface area contributed by atoms with Crippen LogP contribution >= 0.6 is 34.2 Å². The van der Waals surface area contributed by atoms with Crippen molar-refractivity contribution in [3.63, 3.8) is 0 Å². The molecule has 118 valence electrons. The number of nitrogens with zero attached hydrogens (tertiary/aromatic N) is 1. The number of benzene rings is 2. The van der Waals surface area contributed by atoms with E-state index in [0.29, 0.717) is 11.6 Å². The summed E-state index contributed by atoms with van der Waals surface area (Å²) in [4.78, 5) is 26.3. The number of carbonyl (C=O) groups excluding carboxylic acids is 2. The van der Waals surface area contributed by atoms with Crippen LogP contribution in [0.4, 0.5) is 11.4 Å². The highest BCUT2D eigenvalue weighted by Gasteiger charge is 2.35. The van der Waals surface area contributed by atoms with Gasteiger partial charge < -0.3 is 10.2 Å². The molecule has 1 fully saturated rings. The summed E-state index contributed by atoms with van der Waals surface area (Å²) >= 11 is 8.04. The molecule has 1 atom stereocenters. The Hall–Kier alpha value is -1.60. The maximum absolute atomic E-state index is 12.4. The van der Waals surface area contributed by atoms with Gasteiger partial charge in [0.15, 0.2) is 0 Å².